The minimum Gasteiger partial charge on any atom is -0.383 e. The number of anilines is 2. The third-order valence-electron chi connectivity index (χ3n) is 3.20. The van der Waals surface area contributed by atoms with Gasteiger partial charge in [0, 0.05) is 11.8 Å². The minimum atomic E-state index is 0.237. The van der Waals surface area contributed by atoms with Gasteiger partial charge < -0.3 is 11.5 Å². The van der Waals surface area contributed by atoms with E-state index in [0.717, 1.165) is 31.2 Å². The van der Waals surface area contributed by atoms with E-state index < -0.39 is 0 Å². The standard InChI is InChI=1S/C15H20N4/c1-11-6-8-12(9-7-11)4-2-3-5-13-10-18-15(17)19-14(13)16/h6-10H,2-5H2,1H3,(H4,16,17,18,19). The Kier molecular flexibility index (Phi) is 4.34. The summed E-state index contributed by atoms with van der Waals surface area (Å²) in [5.41, 5.74) is 14.9. The van der Waals surface area contributed by atoms with Gasteiger partial charge in [-0.15, -0.1) is 0 Å². The van der Waals surface area contributed by atoms with Gasteiger partial charge >= 0.3 is 0 Å². The van der Waals surface area contributed by atoms with Gasteiger partial charge in [0.1, 0.15) is 5.82 Å². The zero-order valence-electron chi connectivity index (χ0n) is 11.3. The molecule has 1 aromatic carbocycles. The molecule has 1 aromatic heterocycles. The zero-order valence-corrected chi connectivity index (χ0v) is 11.3. The van der Waals surface area contributed by atoms with Gasteiger partial charge in [-0.1, -0.05) is 29.8 Å². The monoisotopic (exact) mass is 256 g/mol. The number of hydrogen-bond acceptors (Lipinski definition) is 4. The summed E-state index contributed by atoms with van der Waals surface area (Å²) in [6.45, 7) is 2.10. The molecular formula is C15H20N4. The van der Waals surface area contributed by atoms with Crippen molar-refractivity contribution in [3.05, 3.63) is 47.2 Å². The first-order valence-electron chi connectivity index (χ1n) is 6.57. The molecule has 100 valence electrons. The molecule has 4 N–H and O–H groups in total. The number of aromatic nitrogens is 2. The Bertz CT molecular complexity index is 534. The Balaban J connectivity index is 1.79. The lowest BCUT2D eigenvalue weighted by atomic mass is 10.0. The predicted molar refractivity (Wildman–Crippen MR) is 78.7 cm³/mol. The summed E-state index contributed by atoms with van der Waals surface area (Å²) < 4.78 is 0. The van der Waals surface area contributed by atoms with Crippen molar-refractivity contribution in [1.29, 1.82) is 0 Å². The second kappa shape index (κ2) is 6.18. The minimum absolute atomic E-state index is 0.237. The van der Waals surface area contributed by atoms with Gasteiger partial charge in [-0.2, -0.15) is 4.98 Å². The van der Waals surface area contributed by atoms with E-state index in [1.807, 2.05) is 0 Å². The number of hydrogen-bond donors (Lipinski definition) is 2. The highest BCUT2D eigenvalue weighted by Crippen LogP contribution is 2.13. The quantitative estimate of drug-likeness (QED) is 0.806. The Morgan fingerprint density at radius 1 is 1.00 bits per heavy atom. The molecule has 0 amide bonds. The van der Waals surface area contributed by atoms with Crippen molar-refractivity contribution < 1.29 is 0 Å². The molecule has 0 spiro atoms. The number of rotatable bonds is 5. The van der Waals surface area contributed by atoms with E-state index in [0.29, 0.717) is 5.82 Å². The van der Waals surface area contributed by atoms with E-state index in [4.69, 9.17) is 11.5 Å². The molecule has 2 rings (SSSR count). The van der Waals surface area contributed by atoms with Crippen LogP contribution in [0.15, 0.2) is 30.5 Å². The molecule has 0 aliphatic carbocycles. The number of nitrogens with zero attached hydrogens (tertiary/aromatic N) is 2. The SMILES string of the molecule is Cc1ccc(CCCCc2cnc(N)nc2N)cc1. The van der Waals surface area contributed by atoms with Crippen LogP contribution in [-0.2, 0) is 12.8 Å². The first-order valence-corrected chi connectivity index (χ1v) is 6.57. The molecule has 0 radical (unpaired) electrons. The predicted octanol–water partition coefficient (Wildman–Crippen LogP) is 2.51. The average Bonchev–Trinajstić information content (AvgIpc) is 2.39. The average molecular weight is 256 g/mol. The first-order chi connectivity index (χ1) is 9.15. The summed E-state index contributed by atoms with van der Waals surface area (Å²) in [7, 11) is 0. The smallest absolute Gasteiger partial charge is 0.221 e. The molecule has 4 heteroatoms. The van der Waals surface area contributed by atoms with Gasteiger partial charge in [0.15, 0.2) is 0 Å². The van der Waals surface area contributed by atoms with E-state index in [-0.39, 0.29) is 5.95 Å². The molecule has 0 unspecified atom stereocenters. The van der Waals surface area contributed by atoms with Crippen LogP contribution < -0.4 is 11.5 Å². The van der Waals surface area contributed by atoms with Crippen LogP contribution in [0.2, 0.25) is 0 Å². The molecule has 0 atom stereocenters. The van der Waals surface area contributed by atoms with E-state index in [2.05, 4.69) is 41.2 Å². The summed E-state index contributed by atoms with van der Waals surface area (Å²) >= 11 is 0. The fourth-order valence-electron chi connectivity index (χ4n) is 2.03. The Morgan fingerprint density at radius 3 is 2.37 bits per heavy atom. The van der Waals surface area contributed by atoms with Crippen molar-refractivity contribution in [2.75, 3.05) is 11.5 Å². The Labute approximate surface area is 113 Å². The molecule has 2 aromatic rings. The molecule has 1 heterocycles. The number of unbranched alkanes of at least 4 members (excludes halogenated alkanes) is 1. The van der Waals surface area contributed by atoms with Gasteiger partial charge in [0.05, 0.1) is 0 Å². The molecule has 0 aliphatic rings. The number of benzene rings is 1. The zero-order chi connectivity index (χ0) is 13.7. The van der Waals surface area contributed by atoms with Gasteiger partial charge in [-0.25, -0.2) is 4.98 Å². The maximum absolute atomic E-state index is 5.80. The molecule has 0 fully saturated rings. The number of aryl methyl sites for hydroxylation is 3. The van der Waals surface area contributed by atoms with Gasteiger partial charge in [0.25, 0.3) is 0 Å². The lowest BCUT2D eigenvalue weighted by Gasteiger charge is -2.05. The highest BCUT2D eigenvalue weighted by molar-refractivity contribution is 5.41. The van der Waals surface area contributed by atoms with Crippen LogP contribution >= 0.6 is 0 Å². The molecule has 0 saturated carbocycles. The summed E-state index contributed by atoms with van der Waals surface area (Å²) in [5, 5.41) is 0. The topological polar surface area (TPSA) is 77.8 Å². The summed E-state index contributed by atoms with van der Waals surface area (Å²) in [4.78, 5) is 7.94. The van der Waals surface area contributed by atoms with Crippen LogP contribution in [-0.4, -0.2) is 9.97 Å². The second-order valence-electron chi connectivity index (χ2n) is 4.83. The first kappa shape index (κ1) is 13.3. The lowest BCUT2D eigenvalue weighted by Crippen LogP contribution is -2.03. The molecule has 0 saturated heterocycles. The largest absolute Gasteiger partial charge is 0.383 e. The van der Waals surface area contributed by atoms with E-state index in [1.165, 1.54) is 11.1 Å². The third-order valence-corrected chi connectivity index (χ3v) is 3.20. The fraction of sp³-hybridized carbons (Fsp3) is 0.333. The normalized spacial score (nSPS) is 10.6. The summed E-state index contributed by atoms with van der Waals surface area (Å²) in [6.07, 6.45) is 5.93. The number of nitrogens with two attached hydrogens (primary N) is 2. The van der Waals surface area contributed by atoms with Crippen molar-refractivity contribution in [3.8, 4) is 0 Å². The van der Waals surface area contributed by atoms with Crippen molar-refractivity contribution >= 4 is 11.8 Å². The van der Waals surface area contributed by atoms with Crippen LogP contribution in [0.3, 0.4) is 0 Å². The van der Waals surface area contributed by atoms with Gasteiger partial charge in [0.2, 0.25) is 5.95 Å². The fourth-order valence-corrected chi connectivity index (χ4v) is 2.03. The molecule has 0 aliphatic heterocycles. The Morgan fingerprint density at radius 2 is 1.68 bits per heavy atom. The van der Waals surface area contributed by atoms with Crippen LogP contribution in [0, 0.1) is 6.92 Å². The molecular weight excluding hydrogens is 236 g/mol. The van der Waals surface area contributed by atoms with Gasteiger partial charge in [-0.3, -0.25) is 0 Å². The summed E-state index contributed by atoms with van der Waals surface area (Å²) in [6, 6.07) is 8.69. The van der Waals surface area contributed by atoms with Gasteiger partial charge in [-0.05, 0) is 38.2 Å². The molecule has 4 nitrogen and oxygen atoms in total. The second-order valence-corrected chi connectivity index (χ2v) is 4.83. The highest BCUT2D eigenvalue weighted by Gasteiger charge is 2.02. The molecule has 0 bridgehead atoms. The maximum Gasteiger partial charge on any atom is 0.221 e. The van der Waals surface area contributed by atoms with E-state index in [1.54, 1.807) is 6.20 Å². The van der Waals surface area contributed by atoms with Crippen LogP contribution in [0.5, 0.6) is 0 Å². The van der Waals surface area contributed by atoms with Crippen molar-refractivity contribution in [2.24, 2.45) is 0 Å². The number of nitrogen functional groups attached to an aromatic ring is 2. The Hall–Kier alpha value is -2.10. The lowest BCUT2D eigenvalue weighted by molar-refractivity contribution is 0.732. The van der Waals surface area contributed by atoms with Crippen LogP contribution in [0.25, 0.3) is 0 Å². The van der Waals surface area contributed by atoms with E-state index in [9.17, 15) is 0 Å². The van der Waals surface area contributed by atoms with Crippen molar-refractivity contribution in [2.45, 2.75) is 32.6 Å². The van der Waals surface area contributed by atoms with Crippen molar-refractivity contribution in [1.82, 2.24) is 9.97 Å². The van der Waals surface area contributed by atoms with Crippen LogP contribution in [0.4, 0.5) is 11.8 Å². The third kappa shape index (κ3) is 3.95. The molecule has 19 heavy (non-hydrogen) atoms. The van der Waals surface area contributed by atoms with Crippen molar-refractivity contribution in [3.63, 3.8) is 0 Å². The van der Waals surface area contributed by atoms with Crippen LogP contribution in [0.1, 0.15) is 29.5 Å². The maximum atomic E-state index is 5.80. The summed E-state index contributed by atoms with van der Waals surface area (Å²) in [5.74, 6) is 0.740. The highest BCUT2D eigenvalue weighted by atomic mass is 15.0. The van der Waals surface area contributed by atoms with E-state index >= 15 is 0 Å².